The Labute approximate surface area is 152 Å². The third kappa shape index (κ3) is 3.22. The maximum absolute atomic E-state index is 12.6. The molecule has 2 heterocycles. The summed E-state index contributed by atoms with van der Waals surface area (Å²) in [5, 5.41) is 14.6. The van der Waals surface area contributed by atoms with Gasteiger partial charge in [0.2, 0.25) is 0 Å². The fourth-order valence-electron chi connectivity index (χ4n) is 2.97. The lowest BCUT2D eigenvalue weighted by Gasteiger charge is -2.10. The highest BCUT2D eigenvalue weighted by Gasteiger charge is 2.17. The summed E-state index contributed by atoms with van der Waals surface area (Å²) in [6, 6.07) is 9.45. The summed E-state index contributed by atoms with van der Waals surface area (Å²) in [6.07, 6.45) is 2.77. The molecule has 6 nitrogen and oxygen atoms in total. The second kappa shape index (κ2) is 7.46. The molecule has 0 aliphatic rings. The minimum Gasteiger partial charge on any atom is -0.385 e. The summed E-state index contributed by atoms with van der Waals surface area (Å²) in [6.45, 7) is 2.50. The number of Topliss-reactive ketones (excluding diaryl/α,β-unsaturated/α-hetero) is 1. The number of carbonyl (C=O) groups excluding carboxylic acids is 1. The molecular formula is C20H20N4O2. The second-order valence-electron chi connectivity index (χ2n) is 6.16. The van der Waals surface area contributed by atoms with Crippen molar-refractivity contribution in [2.24, 2.45) is 7.05 Å². The van der Waals surface area contributed by atoms with Gasteiger partial charge >= 0.3 is 0 Å². The van der Waals surface area contributed by atoms with E-state index in [-0.39, 0.29) is 5.78 Å². The lowest BCUT2D eigenvalue weighted by atomic mass is 9.97. The van der Waals surface area contributed by atoms with Crippen molar-refractivity contribution in [1.29, 1.82) is 5.26 Å². The van der Waals surface area contributed by atoms with Gasteiger partial charge in [0, 0.05) is 43.8 Å². The van der Waals surface area contributed by atoms with Gasteiger partial charge < -0.3 is 4.74 Å². The quantitative estimate of drug-likeness (QED) is 0.503. The summed E-state index contributed by atoms with van der Waals surface area (Å²) in [4.78, 5) is 17.1. The molecule has 3 aromatic rings. The van der Waals surface area contributed by atoms with E-state index >= 15 is 0 Å². The molecule has 6 heteroatoms. The van der Waals surface area contributed by atoms with E-state index in [2.05, 4.69) is 16.2 Å². The number of aromatic nitrogens is 3. The highest BCUT2D eigenvalue weighted by Crippen LogP contribution is 2.32. The number of aryl methyl sites for hydroxylation is 1. The van der Waals surface area contributed by atoms with E-state index in [1.807, 2.05) is 32.2 Å². The number of benzene rings is 1. The number of fused-ring (bicyclic) bond motifs is 1. The van der Waals surface area contributed by atoms with Crippen LogP contribution >= 0.6 is 0 Å². The van der Waals surface area contributed by atoms with Crippen molar-refractivity contribution in [1.82, 2.24) is 14.8 Å². The molecule has 3 rings (SSSR count). The van der Waals surface area contributed by atoms with E-state index in [0.717, 1.165) is 22.2 Å². The predicted molar refractivity (Wildman–Crippen MR) is 98.8 cm³/mol. The third-order valence-electron chi connectivity index (χ3n) is 4.52. The smallest absolute Gasteiger partial charge is 0.181 e. The molecule has 0 radical (unpaired) electrons. The molecule has 1 aromatic carbocycles. The maximum Gasteiger partial charge on any atom is 0.181 e. The topological polar surface area (TPSA) is 80.8 Å². The number of hydrogen-bond donors (Lipinski definition) is 0. The number of ketones is 1. The number of hydrogen-bond acceptors (Lipinski definition) is 5. The van der Waals surface area contributed by atoms with Crippen molar-refractivity contribution in [2.75, 3.05) is 13.7 Å². The summed E-state index contributed by atoms with van der Waals surface area (Å²) < 4.78 is 6.81. The van der Waals surface area contributed by atoms with Gasteiger partial charge in [-0.3, -0.25) is 9.48 Å². The summed E-state index contributed by atoms with van der Waals surface area (Å²) >= 11 is 0. The van der Waals surface area contributed by atoms with Crippen molar-refractivity contribution in [3.8, 4) is 17.2 Å². The van der Waals surface area contributed by atoms with Crippen molar-refractivity contribution in [3.05, 3.63) is 47.4 Å². The zero-order valence-electron chi connectivity index (χ0n) is 15.1. The van der Waals surface area contributed by atoms with Crippen LogP contribution in [0.4, 0.5) is 0 Å². The zero-order chi connectivity index (χ0) is 18.7. The Bertz CT molecular complexity index is 1010. The molecule has 0 bridgehead atoms. The number of nitriles is 1. The van der Waals surface area contributed by atoms with E-state index in [9.17, 15) is 10.1 Å². The fraction of sp³-hybridized carbons (Fsp3) is 0.300. The number of rotatable bonds is 6. The van der Waals surface area contributed by atoms with Gasteiger partial charge in [-0.2, -0.15) is 10.4 Å². The molecule has 0 N–H and O–H groups in total. The number of nitrogens with zero attached hydrogens (tertiary/aromatic N) is 4. The largest absolute Gasteiger partial charge is 0.385 e. The average molecular weight is 348 g/mol. The molecule has 26 heavy (non-hydrogen) atoms. The first-order chi connectivity index (χ1) is 12.6. The van der Waals surface area contributed by atoms with Crippen LogP contribution in [-0.2, 0) is 11.8 Å². The van der Waals surface area contributed by atoms with Crippen LogP contribution < -0.4 is 0 Å². The first-order valence-electron chi connectivity index (χ1n) is 8.41. The Morgan fingerprint density at radius 2 is 2.15 bits per heavy atom. The Morgan fingerprint density at radius 3 is 2.81 bits per heavy atom. The number of ether oxygens (including phenoxy) is 1. The van der Waals surface area contributed by atoms with Gasteiger partial charge in [-0.15, -0.1) is 0 Å². The van der Waals surface area contributed by atoms with Crippen molar-refractivity contribution < 1.29 is 9.53 Å². The lowest BCUT2D eigenvalue weighted by Crippen LogP contribution is -2.05. The molecule has 0 saturated carbocycles. The molecule has 0 spiro atoms. The molecule has 0 aliphatic heterocycles. The minimum absolute atomic E-state index is 0.0560. The fourth-order valence-corrected chi connectivity index (χ4v) is 2.97. The van der Waals surface area contributed by atoms with Gasteiger partial charge in [0.25, 0.3) is 0 Å². The van der Waals surface area contributed by atoms with Crippen LogP contribution in [0, 0.1) is 18.3 Å². The number of methoxy groups -OCH3 is 1. The lowest BCUT2D eigenvalue weighted by molar-refractivity contribution is 0.0959. The van der Waals surface area contributed by atoms with Crippen LogP contribution in [0.2, 0.25) is 0 Å². The molecule has 0 atom stereocenters. The van der Waals surface area contributed by atoms with Crippen LogP contribution in [0.25, 0.3) is 22.0 Å². The Morgan fingerprint density at radius 1 is 1.35 bits per heavy atom. The SMILES string of the molecule is COCCCC(=O)c1cc(-c2cnn(C)c2C)c2cccc(C#N)c2n1. The van der Waals surface area contributed by atoms with Crippen molar-refractivity contribution in [3.63, 3.8) is 0 Å². The third-order valence-corrected chi connectivity index (χ3v) is 4.52. The van der Waals surface area contributed by atoms with Gasteiger partial charge in [-0.25, -0.2) is 4.98 Å². The van der Waals surface area contributed by atoms with Crippen LogP contribution in [0.1, 0.15) is 34.6 Å². The number of pyridine rings is 1. The Kier molecular flexibility index (Phi) is 5.10. The van der Waals surface area contributed by atoms with Crippen molar-refractivity contribution in [2.45, 2.75) is 19.8 Å². The van der Waals surface area contributed by atoms with Gasteiger partial charge in [0.05, 0.1) is 17.3 Å². The highest BCUT2D eigenvalue weighted by molar-refractivity contribution is 6.03. The van der Waals surface area contributed by atoms with Gasteiger partial charge in [-0.1, -0.05) is 12.1 Å². The van der Waals surface area contributed by atoms with Crippen LogP contribution in [0.5, 0.6) is 0 Å². The normalized spacial score (nSPS) is 10.8. The molecule has 132 valence electrons. The molecule has 0 saturated heterocycles. The van der Waals surface area contributed by atoms with Crippen molar-refractivity contribution >= 4 is 16.7 Å². The molecular weight excluding hydrogens is 328 g/mol. The summed E-state index contributed by atoms with van der Waals surface area (Å²) in [5.74, 6) is -0.0560. The first kappa shape index (κ1) is 17.8. The van der Waals surface area contributed by atoms with Gasteiger partial charge in [-0.05, 0) is 31.0 Å². The summed E-state index contributed by atoms with van der Waals surface area (Å²) in [7, 11) is 3.49. The minimum atomic E-state index is -0.0560. The van der Waals surface area contributed by atoms with E-state index in [1.54, 1.807) is 24.1 Å². The Hall–Kier alpha value is -3.04. The molecule has 0 unspecified atom stereocenters. The molecule has 2 aromatic heterocycles. The molecule has 0 aliphatic carbocycles. The van der Waals surface area contributed by atoms with E-state index in [4.69, 9.17) is 4.74 Å². The monoisotopic (exact) mass is 348 g/mol. The first-order valence-corrected chi connectivity index (χ1v) is 8.41. The summed E-state index contributed by atoms with van der Waals surface area (Å²) in [5.41, 5.74) is 4.16. The molecule has 0 fully saturated rings. The maximum atomic E-state index is 12.6. The van der Waals surface area contributed by atoms with Gasteiger partial charge in [0.15, 0.2) is 5.78 Å². The van der Waals surface area contributed by atoms with Crippen LogP contribution in [0.3, 0.4) is 0 Å². The molecule has 0 amide bonds. The Balaban J connectivity index is 2.20. The van der Waals surface area contributed by atoms with E-state index in [0.29, 0.717) is 36.2 Å². The number of para-hydroxylation sites is 1. The average Bonchev–Trinajstić information content (AvgIpc) is 2.99. The standard InChI is InChI=1S/C20H20N4O2/c1-13-17(12-22-24(13)2)16-10-18(19(25)8-5-9-26-3)23-20-14(11-21)6-4-7-15(16)20/h4,6-7,10,12H,5,8-9H2,1-3H3. The van der Waals surface area contributed by atoms with Crippen LogP contribution in [-0.4, -0.2) is 34.3 Å². The van der Waals surface area contributed by atoms with Crippen LogP contribution in [0.15, 0.2) is 30.5 Å². The second-order valence-corrected chi connectivity index (χ2v) is 6.16. The highest BCUT2D eigenvalue weighted by atomic mass is 16.5. The van der Waals surface area contributed by atoms with Gasteiger partial charge in [0.1, 0.15) is 11.8 Å². The number of carbonyl (C=O) groups is 1. The van der Waals surface area contributed by atoms with E-state index in [1.165, 1.54) is 0 Å². The zero-order valence-corrected chi connectivity index (χ0v) is 15.1. The predicted octanol–water partition coefficient (Wildman–Crippen LogP) is 3.42. The van der Waals surface area contributed by atoms with E-state index < -0.39 is 0 Å².